The lowest BCUT2D eigenvalue weighted by molar-refractivity contribution is -0.161. The first-order chi connectivity index (χ1) is 48.7. The normalized spacial score (nSPS) is 14.5. The van der Waals surface area contributed by atoms with E-state index >= 15 is 0 Å². The minimum atomic E-state index is -4.99. The zero-order valence-corrected chi connectivity index (χ0v) is 64.6. The maximum absolute atomic E-state index is 13.1. The van der Waals surface area contributed by atoms with Crippen LogP contribution >= 0.6 is 15.6 Å². The fourth-order valence-corrected chi connectivity index (χ4v) is 11.8. The summed E-state index contributed by atoms with van der Waals surface area (Å²) in [6.07, 6.45) is 78.0. The lowest BCUT2D eigenvalue weighted by atomic mass is 10.1. The highest BCUT2D eigenvalue weighted by Crippen LogP contribution is 2.45. The molecule has 100 heavy (non-hydrogen) atoms. The Morgan fingerprint density at radius 3 is 0.870 bits per heavy atom. The topological polar surface area (TPSA) is 237 Å². The van der Waals surface area contributed by atoms with E-state index in [9.17, 15) is 43.2 Å². The molecule has 576 valence electrons. The third-order valence-electron chi connectivity index (χ3n) is 16.2. The summed E-state index contributed by atoms with van der Waals surface area (Å²) >= 11 is 0. The number of carbonyl (C=O) groups is 4. The maximum Gasteiger partial charge on any atom is 0.472 e. The standard InChI is InChI=1S/C81H140O17P2/c1-5-9-13-17-21-25-29-33-35-36-37-38-40-44-46-50-54-58-62-66-79(84)92-72-77(98-81(86)68-64-60-56-52-48-42-32-28-24-20-16-12-8-4)74-96-100(89,90)94-70-75(82)69-93-99(87,88)95-73-76(97-80(85)67-63-59-55-51-47-41-31-27-23-19-15-11-7-3)71-91-78(83)65-61-57-53-49-45-43-39-34-30-26-22-18-14-10-6-2/h9,13,21,25,27-28,31-35,37-39,44,46,54,58,75-77,82H,5-8,10-12,14-20,22-24,26,29-30,36,40-43,45,47-53,55-57,59-74H2,1-4H3,(H,87,88)(H,89,90)/b13-9-,25-21-,31-27-,32-28-,35-33-,38-37-,39-34-,46-44-,58-54-. The first kappa shape index (κ1) is 95.7. The van der Waals surface area contributed by atoms with Crippen molar-refractivity contribution in [1.29, 1.82) is 0 Å². The second kappa shape index (κ2) is 73.0. The predicted octanol–water partition coefficient (Wildman–Crippen LogP) is 22.6. The van der Waals surface area contributed by atoms with Crippen molar-refractivity contribution in [3.8, 4) is 0 Å². The van der Waals surface area contributed by atoms with Crippen molar-refractivity contribution in [2.45, 2.75) is 341 Å². The maximum atomic E-state index is 13.1. The number of unbranched alkanes of at least 4 members (excludes halogenated alkanes) is 29. The van der Waals surface area contributed by atoms with Crippen molar-refractivity contribution in [1.82, 2.24) is 0 Å². The summed E-state index contributed by atoms with van der Waals surface area (Å²) in [6, 6.07) is 0. The quantitative estimate of drug-likeness (QED) is 0.0169. The molecule has 0 radical (unpaired) electrons. The fourth-order valence-electron chi connectivity index (χ4n) is 10.2. The number of esters is 4. The van der Waals surface area contributed by atoms with Crippen molar-refractivity contribution < 1.29 is 80.2 Å². The first-order valence-electron chi connectivity index (χ1n) is 39.1. The summed E-state index contributed by atoms with van der Waals surface area (Å²) in [5.74, 6) is -2.29. The van der Waals surface area contributed by atoms with Crippen LogP contribution in [0.4, 0.5) is 0 Å². The van der Waals surface area contributed by atoms with Crippen molar-refractivity contribution in [2.24, 2.45) is 0 Å². The number of hydrogen-bond acceptors (Lipinski definition) is 15. The molecule has 0 aliphatic carbocycles. The molecule has 0 saturated carbocycles. The van der Waals surface area contributed by atoms with Crippen LogP contribution in [0.1, 0.15) is 323 Å². The van der Waals surface area contributed by atoms with Gasteiger partial charge >= 0.3 is 39.5 Å². The van der Waals surface area contributed by atoms with Gasteiger partial charge in [0.1, 0.15) is 19.3 Å². The molecule has 0 fully saturated rings. The molecule has 5 unspecified atom stereocenters. The van der Waals surface area contributed by atoms with E-state index in [2.05, 4.69) is 119 Å². The van der Waals surface area contributed by atoms with Crippen LogP contribution in [0.5, 0.6) is 0 Å². The van der Waals surface area contributed by atoms with Gasteiger partial charge in [0.25, 0.3) is 0 Å². The van der Waals surface area contributed by atoms with Crippen LogP contribution in [0.15, 0.2) is 109 Å². The number of allylic oxidation sites excluding steroid dienone is 18. The summed E-state index contributed by atoms with van der Waals surface area (Å²) in [5, 5.41) is 10.6. The smallest absolute Gasteiger partial charge is 0.462 e. The molecule has 0 rings (SSSR count). The summed E-state index contributed by atoms with van der Waals surface area (Å²) < 4.78 is 68.4. The van der Waals surface area contributed by atoms with Gasteiger partial charge < -0.3 is 33.8 Å². The molecular weight excluding hydrogens is 1310 g/mol. The van der Waals surface area contributed by atoms with Gasteiger partial charge in [-0.05, 0) is 141 Å². The summed E-state index contributed by atoms with van der Waals surface area (Å²) in [6.45, 7) is 4.63. The van der Waals surface area contributed by atoms with Gasteiger partial charge in [-0.15, -0.1) is 0 Å². The molecule has 0 aliphatic heterocycles. The number of phosphoric acid groups is 2. The van der Waals surface area contributed by atoms with Gasteiger partial charge in [0.15, 0.2) is 12.2 Å². The molecule has 0 aromatic heterocycles. The van der Waals surface area contributed by atoms with Gasteiger partial charge in [-0.2, -0.15) is 0 Å². The number of aliphatic hydroxyl groups is 1. The van der Waals surface area contributed by atoms with Crippen LogP contribution in [-0.4, -0.2) is 96.7 Å². The fraction of sp³-hybridized carbons (Fsp3) is 0.728. The number of phosphoric ester groups is 2. The Labute approximate surface area is 607 Å². The van der Waals surface area contributed by atoms with E-state index in [0.29, 0.717) is 32.1 Å². The molecule has 0 amide bonds. The van der Waals surface area contributed by atoms with E-state index in [0.717, 1.165) is 148 Å². The average molecular weight is 1450 g/mol. The lowest BCUT2D eigenvalue weighted by Gasteiger charge is -2.21. The molecular formula is C81H140O17P2. The van der Waals surface area contributed by atoms with E-state index in [1.165, 1.54) is 89.9 Å². The molecule has 0 aromatic rings. The number of rotatable bonds is 73. The highest BCUT2D eigenvalue weighted by atomic mass is 31.2. The van der Waals surface area contributed by atoms with Crippen molar-refractivity contribution in [2.75, 3.05) is 39.6 Å². The molecule has 0 spiro atoms. The molecule has 0 bridgehead atoms. The van der Waals surface area contributed by atoms with Gasteiger partial charge in [-0.1, -0.05) is 265 Å². The summed E-state index contributed by atoms with van der Waals surface area (Å²) in [5.41, 5.74) is 0. The molecule has 17 nitrogen and oxygen atoms in total. The van der Waals surface area contributed by atoms with Crippen molar-refractivity contribution in [3.05, 3.63) is 109 Å². The van der Waals surface area contributed by atoms with Gasteiger partial charge in [0.2, 0.25) is 0 Å². The van der Waals surface area contributed by atoms with E-state index in [4.69, 9.17) is 37.0 Å². The van der Waals surface area contributed by atoms with Crippen LogP contribution in [0.2, 0.25) is 0 Å². The Kier molecular flexibility index (Phi) is 69.9. The largest absolute Gasteiger partial charge is 0.472 e. The second-order valence-electron chi connectivity index (χ2n) is 25.9. The van der Waals surface area contributed by atoms with E-state index in [-0.39, 0.29) is 25.7 Å². The van der Waals surface area contributed by atoms with Crippen LogP contribution in [-0.2, 0) is 65.4 Å². The molecule has 19 heteroatoms. The zero-order valence-electron chi connectivity index (χ0n) is 62.8. The molecule has 3 N–H and O–H groups in total. The van der Waals surface area contributed by atoms with E-state index in [1.807, 2.05) is 18.2 Å². The molecule has 0 aromatic carbocycles. The molecule has 5 atom stereocenters. The Balaban J connectivity index is 5.40. The minimum Gasteiger partial charge on any atom is -0.462 e. The summed E-state index contributed by atoms with van der Waals surface area (Å²) in [7, 11) is -9.97. The third kappa shape index (κ3) is 72.1. The van der Waals surface area contributed by atoms with Gasteiger partial charge in [0.05, 0.1) is 26.4 Å². The Morgan fingerprint density at radius 2 is 0.540 bits per heavy atom. The monoisotopic (exact) mass is 1450 g/mol. The van der Waals surface area contributed by atoms with Crippen LogP contribution in [0.25, 0.3) is 0 Å². The Morgan fingerprint density at radius 1 is 0.290 bits per heavy atom. The highest BCUT2D eigenvalue weighted by molar-refractivity contribution is 7.47. The predicted molar refractivity (Wildman–Crippen MR) is 408 cm³/mol. The van der Waals surface area contributed by atoms with Crippen LogP contribution < -0.4 is 0 Å². The first-order valence-corrected chi connectivity index (χ1v) is 42.1. The Hall–Kier alpha value is -4.28. The van der Waals surface area contributed by atoms with Crippen LogP contribution in [0, 0.1) is 0 Å². The van der Waals surface area contributed by atoms with Gasteiger partial charge in [-0.25, -0.2) is 9.13 Å². The molecule has 0 heterocycles. The molecule has 0 aliphatic rings. The van der Waals surface area contributed by atoms with Gasteiger partial charge in [0, 0.05) is 25.7 Å². The zero-order chi connectivity index (χ0) is 73.2. The SMILES string of the molecule is CC/C=C\C/C=C\C/C=C\C/C=C\C/C=C\C/C=C\CCC(=O)OCC(COP(=O)(O)OCC(O)COP(=O)(O)OCC(COC(=O)CCCCCCC/C=C\CCCCCCCC)OC(=O)CCCCCCC/C=C\CCCCCC)OC(=O)CCCCCCC/C=C\CCCCCC. The lowest BCUT2D eigenvalue weighted by Crippen LogP contribution is -2.30. The van der Waals surface area contributed by atoms with E-state index in [1.54, 1.807) is 0 Å². The number of hydrogen-bond donors (Lipinski definition) is 3. The van der Waals surface area contributed by atoms with Crippen molar-refractivity contribution in [3.63, 3.8) is 0 Å². The number of carbonyl (C=O) groups excluding carboxylic acids is 4. The average Bonchev–Trinajstić information content (AvgIpc) is 0.935. The third-order valence-corrected chi connectivity index (χ3v) is 18.1. The van der Waals surface area contributed by atoms with Gasteiger partial charge in [-0.3, -0.25) is 37.3 Å². The summed E-state index contributed by atoms with van der Waals surface area (Å²) in [4.78, 5) is 72.8. The van der Waals surface area contributed by atoms with E-state index < -0.39 is 97.5 Å². The minimum absolute atomic E-state index is 0.0336. The number of aliphatic hydroxyl groups excluding tert-OH is 1. The van der Waals surface area contributed by atoms with Crippen molar-refractivity contribution >= 4 is 39.5 Å². The highest BCUT2D eigenvalue weighted by Gasteiger charge is 2.30. The molecule has 0 saturated heterocycles. The Bertz CT molecular complexity index is 2320. The van der Waals surface area contributed by atoms with Crippen LogP contribution in [0.3, 0.4) is 0 Å². The number of ether oxygens (including phenoxy) is 4. The second-order valence-corrected chi connectivity index (χ2v) is 28.8.